The van der Waals surface area contributed by atoms with E-state index in [1.165, 1.54) is 18.1 Å². The van der Waals surface area contributed by atoms with Crippen molar-refractivity contribution in [2.24, 2.45) is 0 Å². The fraction of sp³-hybridized carbons (Fsp3) is 0.300. The molecule has 25 heavy (non-hydrogen) atoms. The lowest BCUT2D eigenvalue weighted by Gasteiger charge is -2.14. The van der Waals surface area contributed by atoms with Gasteiger partial charge in [0.2, 0.25) is 0 Å². The number of ether oxygens (including phenoxy) is 2. The van der Waals surface area contributed by atoms with Crippen LogP contribution in [-0.2, 0) is 27.2 Å². The van der Waals surface area contributed by atoms with E-state index in [-0.39, 0.29) is 12.5 Å². The van der Waals surface area contributed by atoms with Gasteiger partial charge in [0.05, 0.1) is 0 Å². The summed E-state index contributed by atoms with van der Waals surface area (Å²) in [5, 5.41) is 2.69. The average Bonchev–Trinajstić information content (AvgIpc) is 3.08. The number of para-hydroxylation sites is 1. The Morgan fingerprint density at radius 1 is 1.08 bits per heavy atom. The molecule has 1 atom stereocenters. The summed E-state index contributed by atoms with van der Waals surface area (Å²) in [6, 6.07) is 14.9. The van der Waals surface area contributed by atoms with Crippen LogP contribution in [0, 0.1) is 0 Å². The van der Waals surface area contributed by atoms with Gasteiger partial charge >= 0.3 is 5.97 Å². The highest BCUT2D eigenvalue weighted by Gasteiger charge is 2.18. The van der Waals surface area contributed by atoms with Gasteiger partial charge in [-0.3, -0.25) is 4.79 Å². The molecular weight excluding hydrogens is 318 g/mol. The average molecular weight is 339 g/mol. The molecule has 0 fully saturated rings. The molecule has 0 bridgehead atoms. The molecule has 0 saturated heterocycles. The molecule has 2 aromatic rings. The number of aryl methyl sites for hydroxylation is 2. The summed E-state index contributed by atoms with van der Waals surface area (Å²) in [4.78, 5) is 23.9. The van der Waals surface area contributed by atoms with Crippen LogP contribution >= 0.6 is 0 Å². The second-order valence-corrected chi connectivity index (χ2v) is 6.06. The number of carbonyl (C=O) groups excluding carboxylic acids is 2. The van der Waals surface area contributed by atoms with Gasteiger partial charge in [-0.05, 0) is 61.6 Å². The Kier molecular flexibility index (Phi) is 5.33. The van der Waals surface area contributed by atoms with Crippen molar-refractivity contribution in [1.29, 1.82) is 0 Å². The van der Waals surface area contributed by atoms with Crippen molar-refractivity contribution in [3.05, 3.63) is 59.7 Å². The Morgan fingerprint density at radius 3 is 2.64 bits per heavy atom. The van der Waals surface area contributed by atoms with Gasteiger partial charge in [0.25, 0.3) is 5.91 Å². The minimum atomic E-state index is -0.892. The number of anilines is 1. The van der Waals surface area contributed by atoms with Gasteiger partial charge in [-0.25, -0.2) is 4.79 Å². The maximum absolute atomic E-state index is 12.0. The lowest BCUT2D eigenvalue weighted by Crippen LogP contribution is -2.31. The normalized spacial score (nSPS) is 13.6. The third-order valence-electron chi connectivity index (χ3n) is 4.15. The van der Waals surface area contributed by atoms with Crippen LogP contribution in [0.5, 0.6) is 5.75 Å². The Morgan fingerprint density at radius 2 is 1.84 bits per heavy atom. The van der Waals surface area contributed by atoms with Crippen molar-refractivity contribution < 1.29 is 19.1 Å². The minimum absolute atomic E-state index is 0.220. The summed E-state index contributed by atoms with van der Waals surface area (Å²) in [5.41, 5.74) is 3.28. The summed E-state index contributed by atoms with van der Waals surface area (Å²) in [7, 11) is 0. The number of hydrogen-bond donors (Lipinski definition) is 1. The van der Waals surface area contributed by atoms with Crippen LogP contribution in [-0.4, -0.2) is 24.6 Å². The molecule has 0 aromatic heterocycles. The summed E-state index contributed by atoms with van der Waals surface area (Å²) in [6.07, 6.45) is 2.42. The molecule has 0 heterocycles. The third-order valence-corrected chi connectivity index (χ3v) is 4.15. The van der Waals surface area contributed by atoms with E-state index in [1.54, 1.807) is 12.1 Å². The highest BCUT2D eigenvalue weighted by Crippen LogP contribution is 2.26. The fourth-order valence-electron chi connectivity index (χ4n) is 2.83. The van der Waals surface area contributed by atoms with E-state index in [1.807, 2.05) is 36.4 Å². The molecule has 2 aromatic carbocycles. The molecule has 0 saturated carbocycles. The Balaban J connectivity index is 1.46. The van der Waals surface area contributed by atoms with Gasteiger partial charge in [0.15, 0.2) is 12.7 Å². The van der Waals surface area contributed by atoms with Crippen molar-refractivity contribution in [3.63, 3.8) is 0 Å². The van der Waals surface area contributed by atoms with Gasteiger partial charge in [-0.15, -0.1) is 0 Å². The first-order valence-electron chi connectivity index (χ1n) is 8.42. The number of nitrogens with one attached hydrogen (secondary N) is 1. The van der Waals surface area contributed by atoms with E-state index in [0.29, 0.717) is 11.4 Å². The van der Waals surface area contributed by atoms with Crippen LogP contribution in [0.2, 0.25) is 0 Å². The monoisotopic (exact) mass is 339 g/mol. The first-order valence-corrected chi connectivity index (χ1v) is 8.42. The number of hydrogen-bond acceptors (Lipinski definition) is 4. The summed E-state index contributed by atoms with van der Waals surface area (Å²) in [5.74, 6) is -0.299. The number of benzene rings is 2. The fourth-order valence-corrected chi connectivity index (χ4v) is 2.83. The number of fused-ring (bicyclic) bond motifs is 1. The molecule has 5 nitrogen and oxygen atoms in total. The zero-order chi connectivity index (χ0) is 17.6. The van der Waals surface area contributed by atoms with Crippen molar-refractivity contribution >= 4 is 17.6 Å². The Hall–Kier alpha value is -2.82. The molecule has 0 spiro atoms. The van der Waals surface area contributed by atoms with E-state index in [2.05, 4.69) is 5.32 Å². The molecule has 0 aliphatic heterocycles. The molecule has 5 heteroatoms. The maximum atomic E-state index is 12.0. The second kappa shape index (κ2) is 7.83. The minimum Gasteiger partial charge on any atom is -0.482 e. The van der Waals surface area contributed by atoms with Crippen LogP contribution in [0.3, 0.4) is 0 Å². The first kappa shape index (κ1) is 17.0. The maximum Gasteiger partial charge on any atom is 0.344 e. The van der Waals surface area contributed by atoms with Crippen molar-refractivity contribution in [3.8, 4) is 5.75 Å². The topological polar surface area (TPSA) is 64.6 Å². The van der Waals surface area contributed by atoms with E-state index < -0.39 is 12.1 Å². The van der Waals surface area contributed by atoms with E-state index in [0.717, 1.165) is 19.3 Å². The number of carbonyl (C=O) groups is 2. The van der Waals surface area contributed by atoms with Gasteiger partial charge in [-0.2, -0.15) is 0 Å². The predicted octanol–water partition coefficient (Wildman–Crippen LogP) is 3.12. The highest BCUT2D eigenvalue weighted by molar-refractivity contribution is 5.95. The zero-order valence-corrected chi connectivity index (χ0v) is 14.2. The van der Waals surface area contributed by atoms with Gasteiger partial charge in [0.1, 0.15) is 5.75 Å². The second-order valence-electron chi connectivity index (χ2n) is 6.06. The molecule has 1 amide bonds. The SMILES string of the molecule is C[C@H](OC(=O)COc1ccc2c(c1)CCC2)C(=O)Nc1ccccc1. The summed E-state index contributed by atoms with van der Waals surface area (Å²) >= 11 is 0. The van der Waals surface area contributed by atoms with Gasteiger partial charge in [-0.1, -0.05) is 24.3 Å². The lowest BCUT2D eigenvalue weighted by atomic mass is 10.1. The number of esters is 1. The predicted molar refractivity (Wildman–Crippen MR) is 94.6 cm³/mol. The standard InChI is InChI=1S/C20H21NO4/c1-14(20(23)21-17-8-3-2-4-9-17)25-19(22)13-24-18-11-10-15-6-5-7-16(15)12-18/h2-4,8-12,14H,5-7,13H2,1H3,(H,21,23)/t14-/m0/s1. The molecule has 3 rings (SSSR count). The van der Waals surface area contributed by atoms with Crippen molar-refractivity contribution in [1.82, 2.24) is 0 Å². The van der Waals surface area contributed by atoms with Crippen LogP contribution in [0.4, 0.5) is 5.69 Å². The van der Waals surface area contributed by atoms with Crippen LogP contribution < -0.4 is 10.1 Å². The van der Waals surface area contributed by atoms with Crippen LogP contribution in [0.15, 0.2) is 48.5 Å². The molecule has 130 valence electrons. The molecular formula is C20H21NO4. The van der Waals surface area contributed by atoms with Crippen molar-refractivity contribution in [2.75, 3.05) is 11.9 Å². The van der Waals surface area contributed by atoms with Gasteiger partial charge < -0.3 is 14.8 Å². The third kappa shape index (κ3) is 4.59. The number of amides is 1. The lowest BCUT2D eigenvalue weighted by molar-refractivity contribution is -0.155. The highest BCUT2D eigenvalue weighted by atomic mass is 16.6. The Labute approximate surface area is 147 Å². The summed E-state index contributed by atoms with van der Waals surface area (Å²) in [6.45, 7) is 1.31. The molecule has 0 unspecified atom stereocenters. The summed E-state index contributed by atoms with van der Waals surface area (Å²) < 4.78 is 10.6. The quantitative estimate of drug-likeness (QED) is 0.821. The molecule has 1 aliphatic carbocycles. The smallest absolute Gasteiger partial charge is 0.344 e. The first-order chi connectivity index (χ1) is 12.1. The molecule has 0 radical (unpaired) electrons. The zero-order valence-electron chi connectivity index (χ0n) is 14.2. The van der Waals surface area contributed by atoms with E-state index in [9.17, 15) is 9.59 Å². The van der Waals surface area contributed by atoms with E-state index in [4.69, 9.17) is 9.47 Å². The van der Waals surface area contributed by atoms with Crippen molar-refractivity contribution in [2.45, 2.75) is 32.3 Å². The van der Waals surface area contributed by atoms with Gasteiger partial charge in [0, 0.05) is 5.69 Å². The van der Waals surface area contributed by atoms with Crippen LogP contribution in [0.1, 0.15) is 24.5 Å². The Bertz CT molecular complexity index is 758. The number of rotatable bonds is 6. The van der Waals surface area contributed by atoms with E-state index >= 15 is 0 Å². The molecule has 1 N–H and O–H groups in total. The largest absolute Gasteiger partial charge is 0.482 e. The van der Waals surface area contributed by atoms with Crippen LogP contribution in [0.25, 0.3) is 0 Å². The molecule has 1 aliphatic rings.